The summed E-state index contributed by atoms with van der Waals surface area (Å²) in [5, 5.41) is 0. The highest BCUT2D eigenvalue weighted by Crippen LogP contribution is 2.67. The summed E-state index contributed by atoms with van der Waals surface area (Å²) in [5.74, 6) is -6.28. The van der Waals surface area contributed by atoms with Gasteiger partial charge in [-0.3, -0.25) is 0 Å². The first kappa shape index (κ1) is 11.6. The van der Waals surface area contributed by atoms with Crippen molar-refractivity contribution in [3.63, 3.8) is 0 Å². The molecule has 0 atom stereocenters. The quantitative estimate of drug-likeness (QED) is 0.655. The van der Waals surface area contributed by atoms with E-state index in [9.17, 15) is 0 Å². The molecule has 5 saturated heterocycles. The summed E-state index contributed by atoms with van der Waals surface area (Å²) in [6, 6.07) is 0. The molecular formula is C12H18O6. The monoisotopic (exact) mass is 258 g/mol. The summed E-state index contributed by atoms with van der Waals surface area (Å²) < 4.78 is 36.0. The maximum atomic E-state index is 6.05. The van der Waals surface area contributed by atoms with Crippen molar-refractivity contribution in [3.8, 4) is 0 Å². The molecule has 18 heavy (non-hydrogen) atoms. The summed E-state index contributed by atoms with van der Waals surface area (Å²) >= 11 is 0. The van der Waals surface area contributed by atoms with Gasteiger partial charge in [0.25, 0.3) is 0 Å². The molecule has 0 N–H and O–H groups in total. The van der Waals surface area contributed by atoms with Crippen LogP contribution in [0.3, 0.4) is 0 Å². The third kappa shape index (κ3) is 0.872. The van der Waals surface area contributed by atoms with Gasteiger partial charge in [0.15, 0.2) is 0 Å². The van der Waals surface area contributed by atoms with Crippen molar-refractivity contribution >= 4 is 0 Å². The number of hydrogen-bond acceptors (Lipinski definition) is 6. The highest BCUT2D eigenvalue weighted by atomic mass is 17.1. The van der Waals surface area contributed by atoms with E-state index in [1.807, 2.05) is 0 Å². The Kier molecular flexibility index (Phi) is 1.54. The Bertz CT molecular complexity index is 391. The number of hydrogen-bond donors (Lipinski definition) is 0. The highest BCUT2D eigenvalue weighted by Gasteiger charge is 2.86. The molecule has 5 fully saturated rings. The lowest BCUT2D eigenvalue weighted by Gasteiger charge is -2.52. The zero-order valence-corrected chi connectivity index (χ0v) is 11.4. The van der Waals surface area contributed by atoms with Crippen molar-refractivity contribution in [3.05, 3.63) is 0 Å². The first-order valence-electron chi connectivity index (χ1n) is 6.20. The molecule has 5 aliphatic heterocycles. The first-order valence-corrected chi connectivity index (χ1v) is 6.20. The first-order chi connectivity index (χ1) is 7.99. The maximum absolute atomic E-state index is 6.05. The molecule has 0 aromatic heterocycles. The van der Waals surface area contributed by atoms with Crippen LogP contribution in [0, 0.1) is 0 Å². The van der Waals surface area contributed by atoms with Gasteiger partial charge in [-0.25, -0.2) is 0 Å². The summed E-state index contributed by atoms with van der Waals surface area (Å²) in [7, 11) is 0. The van der Waals surface area contributed by atoms with Crippen molar-refractivity contribution in [1.82, 2.24) is 0 Å². The molecule has 6 heteroatoms. The van der Waals surface area contributed by atoms with E-state index in [-0.39, 0.29) is 0 Å². The van der Waals surface area contributed by atoms with E-state index in [0.717, 1.165) is 0 Å². The minimum atomic E-state index is -1.08. The third-order valence-corrected chi connectivity index (χ3v) is 4.81. The van der Waals surface area contributed by atoms with Crippen LogP contribution in [0.15, 0.2) is 0 Å². The lowest BCUT2D eigenvalue weighted by Crippen LogP contribution is -2.70. The molecule has 5 rings (SSSR count). The Morgan fingerprint density at radius 1 is 0.333 bits per heavy atom. The molecule has 0 unspecified atom stereocenters. The fraction of sp³-hybridized carbons (Fsp3) is 1.00. The second-order valence-electron chi connectivity index (χ2n) is 6.29. The summed E-state index contributed by atoms with van der Waals surface area (Å²) in [6.45, 7) is 10.8. The number of rotatable bonds is 0. The molecule has 0 spiro atoms. The second kappa shape index (κ2) is 2.39. The van der Waals surface area contributed by atoms with Gasteiger partial charge in [-0.15, -0.1) is 0 Å². The Morgan fingerprint density at radius 2 is 0.444 bits per heavy atom. The maximum Gasteiger partial charge on any atom is 0.226 e. The smallest absolute Gasteiger partial charge is 0.226 e. The Balaban J connectivity index is 2.02. The van der Waals surface area contributed by atoms with Gasteiger partial charge in [0.2, 0.25) is 34.7 Å². The lowest BCUT2D eigenvalue weighted by molar-refractivity contribution is -0.496. The summed E-state index contributed by atoms with van der Waals surface area (Å²) in [6.07, 6.45) is 0. The van der Waals surface area contributed by atoms with Crippen LogP contribution in [0.2, 0.25) is 0 Å². The molecular weight excluding hydrogens is 240 g/mol. The van der Waals surface area contributed by atoms with Crippen LogP contribution in [0.4, 0.5) is 0 Å². The Hall–Kier alpha value is -0.240. The van der Waals surface area contributed by atoms with Gasteiger partial charge < -0.3 is 28.4 Å². The zero-order chi connectivity index (χ0) is 13.2. The average molecular weight is 258 g/mol. The van der Waals surface area contributed by atoms with Crippen LogP contribution < -0.4 is 0 Å². The van der Waals surface area contributed by atoms with Crippen molar-refractivity contribution in [1.29, 1.82) is 0 Å². The molecule has 0 aromatic carbocycles. The fourth-order valence-corrected chi connectivity index (χ4v) is 3.47. The third-order valence-electron chi connectivity index (χ3n) is 4.81. The van der Waals surface area contributed by atoms with E-state index in [2.05, 4.69) is 0 Å². The molecule has 6 nitrogen and oxygen atoms in total. The van der Waals surface area contributed by atoms with E-state index in [4.69, 9.17) is 28.4 Å². The second-order valence-corrected chi connectivity index (χ2v) is 6.29. The van der Waals surface area contributed by atoms with Crippen LogP contribution in [-0.2, 0) is 28.4 Å². The predicted molar refractivity (Wildman–Crippen MR) is 56.9 cm³/mol. The fourth-order valence-electron chi connectivity index (χ4n) is 3.47. The van der Waals surface area contributed by atoms with Crippen LogP contribution in [-0.4, -0.2) is 34.7 Å². The largest absolute Gasteiger partial charge is 0.308 e. The molecule has 0 aromatic rings. The minimum absolute atomic E-state index is 1.03. The van der Waals surface area contributed by atoms with E-state index < -0.39 is 34.7 Å². The molecule has 0 radical (unpaired) electrons. The zero-order valence-electron chi connectivity index (χ0n) is 11.4. The van der Waals surface area contributed by atoms with Crippen LogP contribution in [0.25, 0.3) is 0 Å². The SMILES string of the molecule is CC12OC3(C)OC1(C)OC1(C)OC3(C)OC1(C)O2. The number of ether oxygens (including phenoxy) is 6. The molecule has 5 aliphatic rings. The van der Waals surface area contributed by atoms with Crippen LogP contribution in [0.1, 0.15) is 41.5 Å². The minimum Gasteiger partial charge on any atom is -0.308 e. The average Bonchev–Trinajstić information content (AvgIpc) is 2.37. The summed E-state index contributed by atoms with van der Waals surface area (Å²) in [4.78, 5) is 0. The lowest BCUT2D eigenvalue weighted by atomic mass is 10.0. The van der Waals surface area contributed by atoms with Gasteiger partial charge in [0.05, 0.1) is 0 Å². The Labute approximate surface area is 105 Å². The van der Waals surface area contributed by atoms with E-state index in [1.54, 1.807) is 41.5 Å². The van der Waals surface area contributed by atoms with Gasteiger partial charge >= 0.3 is 0 Å². The van der Waals surface area contributed by atoms with Gasteiger partial charge in [0, 0.05) is 0 Å². The van der Waals surface area contributed by atoms with Crippen molar-refractivity contribution < 1.29 is 28.4 Å². The Morgan fingerprint density at radius 3 is 0.556 bits per heavy atom. The van der Waals surface area contributed by atoms with Gasteiger partial charge in [0.1, 0.15) is 0 Å². The van der Waals surface area contributed by atoms with Gasteiger partial charge in [-0.05, 0) is 41.5 Å². The van der Waals surface area contributed by atoms with E-state index in [1.165, 1.54) is 0 Å². The molecule has 6 bridgehead atoms. The van der Waals surface area contributed by atoms with Crippen molar-refractivity contribution in [2.45, 2.75) is 76.3 Å². The van der Waals surface area contributed by atoms with Crippen LogP contribution in [0.5, 0.6) is 0 Å². The van der Waals surface area contributed by atoms with E-state index >= 15 is 0 Å². The van der Waals surface area contributed by atoms with Crippen molar-refractivity contribution in [2.24, 2.45) is 0 Å². The molecule has 0 aliphatic carbocycles. The van der Waals surface area contributed by atoms with Gasteiger partial charge in [-0.1, -0.05) is 0 Å². The normalized spacial score (nSPS) is 73.0. The standard InChI is InChI=1S/C12H18O6/c1-7-8(2)14-11(5,13-7)12(6)15-9(3,17-7)10(4,16-12)18-8/h1-6H3. The molecule has 0 amide bonds. The van der Waals surface area contributed by atoms with Crippen molar-refractivity contribution in [2.75, 3.05) is 0 Å². The van der Waals surface area contributed by atoms with E-state index in [0.29, 0.717) is 0 Å². The molecule has 0 saturated carbocycles. The highest BCUT2D eigenvalue weighted by molar-refractivity contribution is 5.12. The summed E-state index contributed by atoms with van der Waals surface area (Å²) in [5.41, 5.74) is 0. The van der Waals surface area contributed by atoms with Gasteiger partial charge in [-0.2, -0.15) is 0 Å². The topological polar surface area (TPSA) is 55.4 Å². The molecule has 5 heterocycles. The molecule has 102 valence electrons. The van der Waals surface area contributed by atoms with Crippen LogP contribution >= 0.6 is 0 Å². The predicted octanol–water partition coefficient (Wildman–Crippen LogP) is 1.44.